The minimum atomic E-state index is 0.552. The minimum Gasteiger partial charge on any atom is -0.381 e. The van der Waals surface area contributed by atoms with E-state index in [1.807, 2.05) is 0 Å². The number of hydrogen-bond donors (Lipinski definition) is 1. The maximum absolute atomic E-state index is 5.74. The second-order valence-corrected chi connectivity index (χ2v) is 34.2. The Balaban J connectivity index is 0.000000127. The Bertz CT molecular complexity index is 2000. The molecule has 16 fully saturated rings. The molecule has 5 saturated carbocycles. The molecule has 94 heavy (non-hydrogen) atoms. The molecule has 16 aliphatic rings. The quantitative estimate of drug-likeness (QED) is 0.191. The fraction of sp³-hybridized carbons (Fsp3) is 1.00. The third-order valence-corrected chi connectivity index (χ3v) is 24.5. The van der Waals surface area contributed by atoms with Crippen LogP contribution in [-0.2, 0) is 18.9 Å². The van der Waals surface area contributed by atoms with Crippen molar-refractivity contribution in [3.63, 3.8) is 0 Å². The van der Waals surface area contributed by atoms with Gasteiger partial charge in [-0.15, -0.1) is 0 Å². The monoisotopic (exact) mass is 1320 g/mol. The van der Waals surface area contributed by atoms with E-state index in [0.717, 1.165) is 124 Å². The van der Waals surface area contributed by atoms with Gasteiger partial charge in [0, 0.05) is 242 Å². The summed E-state index contributed by atoms with van der Waals surface area (Å²) in [6.45, 7) is 71.7. The number of fused-ring (bicyclic) bond motifs is 4. The van der Waals surface area contributed by atoms with Gasteiger partial charge in [0.15, 0.2) is 0 Å². The Kier molecular flexibility index (Phi) is 31.3. The van der Waals surface area contributed by atoms with Crippen molar-refractivity contribution in [1.82, 2.24) is 64.1 Å². The van der Waals surface area contributed by atoms with Crippen molar-refractivity contribution in [2.75, 3.05) is 190 Å². The second kappa shape index (κ2) is 38.0. The van der Waals surface area contributed by atoms with Gasteiger partial charge >= 0.3 is 0 Å². The van der Waals surface area contributed by atoms with Crippen molar-refractivity contribution in [2.24, 2.45) is 11.3 Å². The Morgan fingerprint density at radius 2 is 0.840 bits per heavy atom. The highest BCUT2D eigenvalue weighted by Crippen LogP contribution is 2.53. The third kappa shape index (κ3) is 25.1. The molecule has 16 rings (SSSR count). The number of rotatable bonds is 13. The van der Waals surface area contributed by atoms with Crippen LogP contribution in [0, 0.1) is 11.3 Å². The Labute approximate surface area is 579 Å². The smallest absolute Gasteiger partial charge is 0.0747 e. The highest BCUT2D eigenvalue weighted by Gasteiger charge is 2.49. The normalized spacial score (nSPS) is 31.8. The van der Waals surface area contributed by atoms with E-state index < -0.39 is 0 Å². The number of nitrogens with one attached hydrogen (secondary N) is 1. The highest BCUT2D eigenvalue weighted by atomic mass is 16.5. The van der Waals surface area contributed by atoms with E-state index in [2.05, 4.69) is 175 Å². The van der Waals surface area contributed by atoms with E-state index in [-0.39, 0.29) is 0 Å². The summed E-state index contributed by atoms with van der Waals surface area (Å²) in [5.41, 5.74) is 0.824. The van der Waals surface area contributed by atoms with Crippen LogP contribution >= 0.6 is 0 Å². The Morgan fingerprint density at radius 3 is 1.22 bits per heavy atom. The van der Waals surface area contributed by atoms with Gasteiger partial charge in [-0.05, 0) is 212 Å². The van der Waals surface area contributed by atoms with Gasteiger partial charge in [0.25, 0.3) is 0 Å². The van der Waals surface area contributed by atoms with E-state index in [0.29, 0.717) is 42.5 Å². The van der Waals surface area contributed by atoms with Crippen molar-refractivity contribution < 1.29 is 18.9 Å². The fourth-order valence-electron chi connectivity index (χ4n) is 16.7. The van der Waals surface area contributed by atoms with Crippen LogP contribution in [0.3, 0.4) is 0 Å². The van der Waals surface area contributed by atoms with Crippen LogP contribution in [0.5, 0.6) is 0 Å². The number of morpholine rings is 2. The summed E-state index contributed by atoms with van der Waals surface area (Å²) in [7, 11) is 0. The van der Waals surface area contributed by atoms with E-state index in [1.54, 1.807) is 0 Å². The van der Waals surface area contributed by atoms with E-state index in [9.17, 15) is 0 Å². The predicted molar refractivity (Wildman–Crippen MR) is 392 cm³/mol. The number of ether oxygens (including phenoxy) is 4. The molecule has 0 aromatic carbocycles. The molecule has 2 bridgehead atoms. The summed E-state index contributed by atoms with van der Waals surface area (Å²) in [5.74, 6) is 1.06. The molecule has 0 radical (unpaired) electrons. The fourth-order valence-corrected chi connectivity index (χ4v) is 16.7. The zero-order valence-corrected chi connectivity index (χ0v) is 64.1. The molecule has 17 heteroatoms. The van der Waals surface area contributed by atoms with E-state index in [1.165, 1.54) is 221 Å². The molecule has 6 unspecified atom stereocenters. The number of hydrogen-bond acceptors (Lipinski definition) is 17. The van der Waals surface area contributed by atoms with Gasteiger partial charge in [-0.3, -0.25) is 49.0 Å². The zero-order valence-electron chi connectivity index (χ0n) is 64.1. The van der Waals surface area contributed by atoms with Crippen molar-refractivity contribution in [3.8, 4) is 0 Å². The first-order valence-corrected chi connectivity index (χ1v) is 40.2. The van der Waals surface area contributed by atoms with Crippen LogP contribution in [0.4, 0.5) is 0 Å². The topological polar surface area (TPSA) is 87.8 Å². The van der Waals surface area contributed by atoms with Crippen LogP contribution in [0.2, 0.25) is 0 Å². The molecule has 0 amide bonds. The van der Waals surface area contributed by atoms with Gasteiger partial charge < -0.3 is 34.1 Å². The lowest BCUT2D eigenvalue weighted by atomic mass is 10.1. The first-order valence-electron chi connectivity index (χ1n) is 40.2. The lowest BCUT2D eigenvalue weighted by Crippen LogP contribution is -2.57. The second-order valence-electron chi connectivity index (χ2n) is 34.2. The number of likely N-dealkylation sites (tertiary alicyclic amines) is 2. The molecule has 0 aromatic heterocycles. The Hall–Kier alpha value is -0.680. The standard InChI is InChI=1S/C12H24N2O.C11H22N2.C10H20N2O.C10H20N2.C9H17NO.C9H17N.C8H16N2.C8H15NO/c1-11(2)13-5-7-14(8-6-13)12-3-9-15-10-4-12;1-10(2)13-7-5-12(6-8-13)9-11-3-4-11;1-9(2)11-3-5-12(6-4-11)10-7-13-8-10;1-9(2)11-5-7-12(8-6-11)10-3-4-10;1-7(2)10-5-8-3-4-9(6-10)11-8;1-8(2)10-6-5-9(7-10)3-4-9;1-6(2)10-4-3-9-7-5-8(7)10;1-6(2)9-3-4-10-8-5-7(8)9/h11-12H,3-10H2,1-2H3;10-11H,3-9H2,1-2H3;9-10H,3-8H2,1-2H3;9-10H,3-8H2,1-2H3;7-9H,3-6H2,1-2H3;8H,3-7H2,1-2H3;6-9H,3-5H2,1-2H3;6-8H,3-5H2,1-2H3. The van der Waals surface area contributed by atoms with Crippen LogP contribution in [-0.4, -0.2) is 352 Å². The predicted octanol–water partition coefficient (Wildman–Crippen LogP) is 8.65. The number of nitrogens with zero attached hydrogens (tertiary/aromatic N) is 12. The molecular formula is C77H151N13O4. The van der Waals surface area contributed by atoms with Gasteiger partial charge in [-0.1, -0.05) is 0 Å². The molecule has 1 spiro atoms. The molecule has 0 aromatic rings. The SMILES string of the molecule is CC(C)N1CC2CCC(C1)O2.CC(C)N1CCC2(CC2)C1.CC(C)N1CCN(C2CC2)CC1.CC(C)N1CCN(C2CCOCC2)CC1.CC(C)N1CCN(C2COC2)CC1.CC(C)N1CCN(CC2CC2)CC1.CC(C)N1CCNC2CC21.CC(C)N1CCOC2CC21. The molecule has 11 saturated heterocycles. The van der Waals surface area contributed by atoms with Crippen LogP contribution in [0.15, 0.2) is 0 Å². The average molecular weight is 1320 g/mol. The molecule has 17 nitrogen and oxygen atoms in total. The summed E-state index contributed by atoms with van der Waals surface area (Å²) in [6, 6.07) is 10.8. The lowest BCUT2D eigenvalue weighted by Gasteiger charge is -2.43. The molecule has 548 valence electrons. The van der Waals surface area contributed by atoms with Crippen molar-refractivity contribution in [1.29, 1.82) is 0 Å². The largest absolute Gasteiger partial charge is 0.381 e. The van der Waals surface area contributed by atoms with Crippen molar-refractivity contribution in [2.45, 2.75) is 297 Å². The Morgan fingerprint density at radius 1 is 0.383 bits per heavy atom. The lowest BCUT2D eigenvalue weighted by molar-refractivity contribution is -0.0787. The van der Waals surface area contributed by atoms with Crippen molar-refractivity contribution >= 4 is 0 Å². The summed E-state index contributed by atoms with van der Waals surface area (Å²) in [6.07, 6.45) is 19.8. The minimum absolute atomic E-state index is 0.552. The van der Waals surface area contributed by atoms with Gasteiger partial charge in [0.1, 0.15) is 0 Å². The van der Waals surface area contributed by atoms with Crippen molar-refractivity contribution in [3.05, 3.63) is 0 Å². The first-order chi connectivity index (χ1) is 45.1. The molecule has 6 atom stereocenters. The van der Waals surface area contributed by atoms with E-state index >= 15 is 0 Å². The molecule has 11 aliphatic heterocycles. The van der Waals surface area contributed by atoms with Crippen LogP contribution in [0.25, 0.3) is 0 Å². The average Bonchev–Trinajstić information content (AvgIpc) is 1.64. The molecular weight excluding hydrogens is 1170 g/mol. The maximum atomic E-state index is 5.74. The van der Waals surface area contributed by atoms with Gasteiger partial charge in [0.2, 0.25) is 0 Å². The van der Waals surface area contributed by atoms with Crippen LogP contribution < -0.4 is 5.32 Å². The maximum Gasteiger partial charge on any atom is 0.0747 e. The van der Waals surface area contributed by atoms with Gasteiger partial charge in [0.05, 0.1) is 44.2 Å². The number of piperazine rings is 5. The summed E-state index contributed by atoms with van der Waals surface area (Å²) < 4.78 is 21.8. The molecule has 5 aliphatic carbocycles. The van der Waals surface area contributed by atoms with E-state index in [4.69, 9.17) is 18.9 Å². The molecule has 1 N–H and O–H groups in total. The summed E-state index contributed by atoms with van der Waals surface area (Å²) >= 11 is 0. The third-order valence-electron chi connectivity index (χ3n) is 24.5. The van der Waals surface area contributed by atoms with Gasteiger partial charge in [-0.25, -0.2) is 0 Å². The molecule has 11 heterocycles. The first kappa shape index (κ1) is 77.5. The summed E-state index contributed by atoms with van der Waals surface area (Å²) in [5, 5.41) is 3.50. The zero-order chi connectivity index (χ0) is 67.1. The summed E-state index contributed by atoms with van der Waals surface area (Å²) in [4.78, 5) is 31.2. The highest BCUT2D eigenvalue weighted by molar-refractivity contribution is 5.05. The van der Waals surface area contributed by atoms with Crippen LogP contribution in [0.1, 0.15) is 194 Å². The van der Waals surface area contributed by atoms with Gasteiger partial charge in [-0.2, -0.15) is 0 Å².